The van der Waals surface area contributed by atoms with Gasteiger partial charge >= 0.3 is 6.18 Å². The second kappa shape index (κ2) is 7.06. The lowest BCUT2D eigenvalue weighted by atomic mass is 10.1. The van der Waals surface area contributed by atoms with E-state index in [1.165, 1.54) is 0 Å². The van der Waals surface area contributed by atoms with Crippen molar-refractivity contribution in [2.24, 2.45) is 0 Å². The summed E-state index contributed by atoms with van der Waals surface area (Å²) in [5.41, 5.74) is -2.02. The Kier molecular flexibility index (Phi) is 5.36. The molecule has 2 rings (SSSR count). The summed E-state index contributed by atoms with van der Waals surface area (Å²) in [6.45, 7) is 4.23. The molecule has 2 N–H and O–H groups in total. The smallest absolute Gasteiger partial charge is 0.351 e. The molecule has 1 aliphatic rings. The molecule has 0 bridgehead atoms. The summed E-state index contributed by atoms with van der Waals surface area (Å²) in [6.07, 6.45) is -4.82. The molecule has 122 valence electrons. The van der Waals surface area contributed by atoms with Crippen LogP contribution < -0.4 is 10.6 Å². The molecule has 0 saturated carbocycles. The first kappa shape index (κ1) is 16.7. The topological polar surface area (TPSA) is 44.4 Å². The van der Waals surface area contributed by atoms with E-state index in [4.69, 9.17) is 0 Å². The molecule has 1 heterocycles. The predicted octanol–water partition coefficient (Wildman–Crippen LogP) is 1.48. The molecule has 1 aromatic rings. The third-order valence-electron chi connectivity index (χ3n) is 3.47. The molecule has 1 amide bonds. The highest BCUT2D eigenvalue weighted by Crippen LogP contribution is 2.32. The second-order valence-corrected chi connectivity index (χ2v) is 5.01. The average molecular weight is 319 g/mol. The molecular formula is C14H17F4N3O. The summed E-state index contributed by atoms with van der Waals surface area (Å²) < 4.78 is 51.6. The summed E-state index contributed by atoms with van der Waals surface area (Å²) in [5.74, 6) is -2.37. The van der Waals surface area contributed by atoms with E-state index in [-0.39, 0.29) is 6.54 Å². The zero-order valence-electron chi connectivity index (χ0n) is 11.8. The predicted molar refractivity (Wildman–Crippen MR) is 73.0 cm³/mol. The van der Waals surface area contributed by atoms with Gasteiger partial charge in [-0.25, -0.2) is 4.39 Å². The highest BCUT2D eigenvalue weighted by Gasteiger charge is 2.35. The van der Waals surface area contributed by atoms with E-state index in [0.29, 0.717) is 12.6 Å². The Morgan fingerprint density at radius 3 is 2.59 bits per heavy atom. The average Bonchev–Trinajstić information content (AvgIpc) is 2.47. The zero-order chi connectivity index (χ0) is 16.2. The van der Waals surface area contributed by atoms with Gasteiger partial charge in [0.05, 0.1) is 11.1 Å². The van der Waals surface area contributed by atoms with Gasteiger partial charge in [0, 0.05) is 39.3 Å². The summed E-state index contributed by atoms with van der Waals surface area (Å²) in [6, 6.07) is 2.69. The first-order valence-corrected chi connectivity index (χ1v) is 6.96. The Morgan fingerprint density at radius 2 is 1.95 bits per heavy atom. The highest BCUT2D eigenvalue weighted by molar-refractivity contribution is 5.94. The number of piperazine rings is 1. The molecule has 1 fully saturated rings. The van der Waals surface area contributed by atoms with Crippen molar-refractivity contribution in [2.75, 3.05) is 39.3 Å². The number of halogens is 4. The lowest BCUT2D eigenvalue weighted by Crippen LogP contribution is -2.46. The van der Waals surface area contributed by atoms with Gasteiger partial charge in [0.1, 0.15) is 5.82 Å². The Labute approximate surface area is 125 Å². The highest BCUT2D eigenvalue weighted by atomic mass is 19.4. The number of hydrogen-bond acceptors (Lipinski definition) is 3. The van der Waals surface area contributed by atoms with Crippen LogP contribution in [0.15, 0.2) is 18.2 Å². The summed E-state index contributed by atoms with van der Waals surface area (Å²) >= 11 is 0. The molecule has 1 saturated heterocycles. The Bertz CT molecular complexity index is 527. The lowest BCUT2D eigenvalue weighted by molar-refractivity contribution is -0.140. The molecule has 8 heteroatoms. The first-order chi connectivity index (χ1) is 10.4. The molecule has 0 atom stereocenters. The molecule has 0 spiro atoms. The minimum Gasteiger partial charge on any atom is -0.351 e. The van der Waals surface area contributed by atoms with Crippen molar-refractivity contribution >= 4 is 5.91 Å². The van der Waals surface area contributed by atoms with Crippen LogP contribution in [0.5, 0.6) is 0 Å². The molecule has 22 heavy (non-hydrogen) atoms. The normalized spacial score (nSPS) is 16.5. The molecule has 4 nitrogen and oxygen atoms in total. The number of carbonyl (C=O) groups is 1. The van der Waals surface area contributed by atoms with Crippen molar-refractivity contribution in [3.8, 4) is 0 Å². The van der Waals surface area contributed by atoms with E-state index in [0.717, 1.165) is 38.3 Å². The molecule has 1 aliphatic heterocycles. The molecule has 0 unspecified atom stereocenters. The lowest BCUT2D eigenvalue weighted by Gasteiger charge is -2.27. The van der Waals surface area contributed by atoms with Crippen LogP contribution in [-0.2, 0) is 6.18 Å². The van der Waals surface area contributed by atoms with E-state index in [1.54, 1.807) is 0 Å². The fraction of sp³-hybridized carbons (Fsp3) is 0.500. The standard InChI is InChI=1S/C14H17F4N3O/c15-12-10(2-1-3-11(12)14(16,17)18)13(22)20-6-9-21-7-4-19-5-8-21/h1-3,19H,4-9H2,(H,20,22). The van der Waals surface area contributed by atoms with Crippen LogP contribution in [-0.4, -0.2) is 50.1 Å². The number of nitrogens with zero attached hydrogens (tertiary/aromatic N) is 1. The zero-order valence-corrected chi connectivity index (χ0v) is 11.8. The van der Waals surface area contributed by atoms with Gasteiger partial charge in [0.15, 0.2) is 0 Å². The van der Waals surface area contributed by atoms with E-state index < -0.39 is 29.0 Å². The van der Waals surface area contributed by atoms with Gasteiger partial charge in [-0.15, -0.1) is 0 Å². The number of benzene rings is 1. The largest absolute Gasteiger partial charge is 0.419 e. The van der Waals surface area contributed by atoms with Gasteiger partial charge < -0.3 is 10.6 Å². The Hall–Kier alpha value is -1.67. The molecule has 0 aromatic heterocycles. The van der Waals surface area contributed by atoms with Gasteiger partial charge in [-0.2, -0.15) is 13.2 Å². The molecule has 0 radical (unpaired) electrons. The van der Waals surface area contributed by atoms with Gasteiger partial charge in [-0.1, -0.05) is 6.07 Å². The van der Waals surface area contributed by atoms with E-state index in [9.17, 15) is 22.4 Å². The van der Waals surface area contributed by atoms with Gasteiger partial charge in [0.2, 0.25) is 0 Å². The van der Waals surface area contributed by atoms with E-state index in [1.807, 2.05) is 0 Å². The second-order valence-electron chi connectivity index (χ2n) is 5.01. The van der Waals surface area contributed by atoms with Gasteiger partial charge in [0.25, 0.3) is 5.91 Å². The number of amides is 1. The SMILES string of the molecule is O=C(NCCN1CCNCC1)c1cccc(C(F)(F)F)c1F. The number of nitrogens with one attached hydrogen (secondary N) is 2. The van der Waals surface area contributed by atoms with Crippen molar-refractivity contribution in [1.29, 1.82) is 0 Å². The fourth-order valence-corrected chi connectivity index (χ4v) is 2.28. The van der Waals surface area contributed by atoms with Crippen molar-refractivity contribution in [1.82, 2.24) is 15.5 Å². The van der Waals surface area contributed by atoms with Crippen molar-refractivity contribution in [2.45, 2.75) is 6.18 Å². The van der Waals surface area contributed by atoms with Crippen LogP contribution in [0.2, 0.25) is 0 Å². The maximum absolute atomic E-state index is 13.8. The third-order valence-corrected chi connectivity index (χ3v) is 3.47. The van der Waals surface area contributed by atoms with Crippen molar-refractivity contribution in [3.05, 3.63) is 35.1 Å². The first-order valence-electron chi connectivity index (χ1n) is 6.96. The van der Waals surface area contributed by atoms with Crippen LogP contribution in [0.25, 0.3) is 0 Å². The monoisotopic (exact) mass is 319 g/mol. The van der Waals surface area contributed by atoms with Crippen LogP contribution in [0, 0.1) is 5.82 Å². The maximum Gasteiger partial charge on any atom is 0.419 e. The summed E-state index contributed by atoms with van der Waals surface area (Å²) in [4.78, 5) is 13.9. The van der Waals surface area contributed by atoms with Crippen LogP contribution in [0.4, 0.5) is 17.6 Å². The number of hydrogen-bond donors (Lipinski definition) is 2. The van der Waals surface area contributed by atoms with Gasteiger partial charge in [-0.05, 0) is 12.1 Å². The minimum atomic E-state index is -4.82. The maximum atomic E-state index is 13.8. The number of rotatable bonds is 4. The van der Waals surface area contributed by atoms with Crippen LogP contribution in [0.3, 0.4) is 0 Å². The summed E-state index contributed by atoms with van der Waals surface area (Å²) in [5, 5.41) is 5.64. The van der Waals surface area contributed by atoms with E-state index in [2.05, 4.69) is 15.5 Å². The third kappa shape index (κ3) is 4.17. The van der Waals surface area contributed by atoms with Crippen LogP contribution in [0.1, 0.15) is 15.9 Å². The van der Waals surface area contributed by atoms with Crippen LogP contribution >= 0.6 is 0 Å². The molecular weight excluding hydrogens is 302 g/mol. The van der Waals surface area contributed by atoms with Crippen molar-refractivity contribution in [3.63, 3.8) is 0 Å². The fourth-order valence-electron chi connectivity index (χ4n) is 2.28. The van der Waals surface area contributed by atoms with Gasteiger partial charge in [-0.3, -0.25) is 9.69 Å². The minimum absolute atomic E-state index is 0.258. The van der Waals surface area contributed by atoms with Crippen molar-refractivity contribution < 1.29 is 22.4 Å². The summed E-state index contributed by atoms with van der Waals surface area (Å²) in [7, 11) is 0. The Balaban J connectivity index is 1.95. The molecule has 0 aliphatic carbocycles. The molecule has 1 aromatic carbocycles. The quantitative estimate of drug-likeness (QED) is 0.826. The number of alkyl halides is 3. The van der Waals surface area contributed by atoms with E-state index >= 15 is 0 Å². The Morgan fingerprint density at radius 1 is 1.27 bits per heavy atom. The number of carbonyl (C=O) groups excluding carboxylic acids is 1.